The molecule has 0 aliphatic rings. The van der Waals surface area contributed by atoms with Crippen molar-refractivity contribution in [2.24, 2.45) is 11.7 Å². The molecule has 0 saturated heterocycles. The molecule has 0 fully saturated rings. The monoisotopic (exact) mass is 403 g/mol. The lowest BCUT2D eigenvalue weighted by Crippen LogP contribution is -2.51. The fourth-order valence-electron chi connectivity index (χ4n) is 3.70. The third kappa shape index (κ3) is 12.3. The van der Waals surface area contributed by atoms with E-state index in [2.05, 4.69) is 20.8 Å². The predicted molar refractivity (Wildman–Crippen MR) is 119 cm³/mol. The SMILES string of the molecule is CCCCCCCCCCCCCCC(C)(N)C(C)C[Si](OC)(OC)OC. The first-order chi connectivity index (χ1) is 12.9. The third-order valence-electron chi connectivity index (χ3n) is 6.18. The van der Waals surface area contributed by atoms with Gasteiger partial charge in [-0.2, -0.15) is 0 Å². The van der Waals surface area contributed by atoms with Gasteiger partial charge in [0.05, 0.1) is 0 Å². The minimum absolute atomic E-state index is 0.202. The zero-order valence-electron chi connectivity index (χ0n) is 19.3. The molecule has 0 bridgehead atoms. The van der Waals surface area contributed by atoms with Gasteiger partial charge in [0, 0.05) is 32.9 Å². The van der Waals surface area contributed by atoms with Crippen LogP contribution in [0.1, 0.15) is 104 Å². The first kappa shape index (κ1) is 27.1. The minimum atomic E-state index is -2.55. The van der Waals surface area contributed by atoms with Crippen LogP contribution in [-0.2, 0) is 13.3 Å². The van der Waals surface area contributed by atoms with Crippen LogP contribution in [0.4, 0.5) is 0 Å². The van der Waals surface area contributed by atoms with Crippen LogP contribution in [-0.4, -0.2) is 35.7 Å². The van der Waals surface area contributed by atoms with Crippen molar-refractivity contribution < 1.29 is 13.3 Å². The van der Waals surface area contributed by atoms with E-state index >= 15 is 0 Å². The van der Waals surface area contributed by atoms with Gasteiger partial charge in [-0.05, 0) is 19.3 Å². The molecule has 0 aromatic rings. The molecule has 0 aliphatic carbocycles. The highest BCUT2D eigenvalue weighted by atomic mass is 28.4. The predicted octanol–water partition coefficient (Wildman–Crippen LogP) is 6.31. The number of hydrogen-bond donors (Lipinski definition) is 1. The Balaban J connectivity index is 3.80. The number of unbranched alkanes of at least 4 members (excludes halogenated alkanes) is 11. The molecular weight excluding hydrogens is 354 g/mol. The fraction of sp³-hybridized carbons (Fsp3) is 1.00. The zero-order valence-corrected chi connectivity index (χ0v) is 20.3. The van der Waals surface area contributed by atoms with Crippen molar-refractivity contribution >= 4 is 8.80 Å². The third-order valence-corrected chi connectivity index (χ3v) is 9.16. The van der Waals surface area contributed by atoms with E-state index in [1.165, 1.54) is 77.0 Å². The first-order valence-corrected chi connectivity index (χ1v) is 13.2. The van der Waals surface area contributed by atoms with E-state index in [1.54, 1.807) is 21.3 Å². The van der Waals surface area contributed by atoms with Crippen molar-refractivity contribution in [3.63, 3.8) is 0 Å². The summed E-state index contributed by atoms with van der Waals surface area (Å²) in [6.07, 6.45) is 17.5. The van der Waals surface area contributed by atoms with Gasteiger partial charge in [-0.3, -0.25) is 0 Å². The Labute approximate surface area is 171 Å². The molecule has 0 rings (SSSR count). The molecule has 0 aromatic carbocycles. The van der Waals surface area contributed by atoms with Gasteiger partial charge in [0.2, 0.25) is 0 Å². The maximum atomic E-state index is 6.62. The Morgan fingerprint density at radius 3 is 1.48 bits per heavy atom. The van der Waals surface area contributed by atoms with E-state index in [9.17, 15) is 0 Å². The Morgan fingerprint density at radius 1 is 0.741 bits per heavy atom. The molecule has 0 aliphatic heterocycles. The van der Waals surface area contributed by atoms with Gasteiger partial charge in [0.1, 0.15) is 0 Å². The van der Waals surface area contributed by atoms with Gasteiger partial charge < -0.3 is 19.0 Å². The van der Waals surface area contributed by atoms with Crippen molar-refractivity contribution in [1.82, 2.24) is 0 Å². The van der Waals surface area contributed by atoms with E-state index < -0.39 is 8.80 Å². The summed E-state index contributed by atoms with van der Waals surface area (Å²) in [7, 11) is 2.46. The van der Waals surface area contributed by atoms with Crippen LogP contribution in [0.25, 0.3) is 0 Å². The Kier molecular flexibility index (Phi) is 16.0. The smallest absolute Gasteiger partial charge is 0.377 e. The summed E-state index contributed by atoms with van der Waals surface area (Å²) in [6, 6.07) is 0.766. The number of hydrogen-bond acceptors (Lipinski definition) is 4. The summed E-state index contributed by atoms with van der Waals surface area (Å²) in [6.45, 7) is 6.64. The van der Waals surface area contributed by atoms with Crippen molar-refractivity contribution in [2.75, 3.05) is 21.3 Å². The molecular formula is C22H49NO3Si. The van der Waals surface area contributed by atoms with Gasteiger partial charge in [0.15, 0.2) is 0 Å². The molecule has 2 atom stereocenters. The average Bonchev–Trinajstić information content (AvgIpc) is 2.66. The van der Waals surface area contributed by atoms with Crippen molar-refractivity contribution in [3.05, 3.63) is 0 Å². The van der Waals surface area contributed by atoms with E-state index in [4.69, 9.17) is 19.0 Å². The summed E-state index contributed by atoms with van der Waals surface area (Å²) in [5.74, 6) is 0.303. The zero-order chi connectivity index (χ0) is 20.6. The van der Waals surface area contributed by atoms with Gasteiger partial charge in [-0.1, -0.05) is 90.9 Å². The highest BCUT2D eigenvalue weighted by Crippen LogP contribution is 2.30. The molecule has 0 amide bonds. The Bertz CT molecular complexity index is 327. The molecule has 5 heteroatoms. The standard InChI is InChI=1S/C22H49NO3Si/c1-7-8-9-10-11-12-13-14-15-16-17-18-19-22(3,23)21(2)20-27(24-4,25-5)26-6/h21H,7-20,23H2,1-6H3. The van der Waals surface area contributed by atoms with E-state index in [0.717, 1.165) is 12.5 Å². The molecule has 164 valence electrons. The summed E-state index contributed by atoms with van der Waals surface area (Å²) >= 11 is 0. The van der Waals surface area contributed by atoms with Gasteiger partial charge >= 0.3 is 8.80 Å². The second-order valence-corrected chi connectivity index (χ2v) is 11.5. The molecule has 4 nitrogen and oxygen atoms in total. The molecule has 0 spiro atoms. The van der Waals surface area contributed by atoms with Gasteiger partial charge in [-0.15, -0.1) is 0 Å². The van der Waals surface area contributed by atoms with E-state index in [-0.39, 0.29) is 5.54 Å². The number of nitrogens with two attached hydrogens (primary N) is 1. The Hall–Kier alpha value is 0.0569. The molecule has 0 aromatic heterocycles. The van der Waals surface area contributed by atoms with Crippen LogP contribution >= 0.6 is 0 Å². The van der Waals surface area contributed by atoms with Crippen molar-refractivity contribution in [2.45, 2.75) is 116 Å². The normalized spacial score (nSPS) is 15.7. The fourth-order valence-corrected chi connectivity index (χ4v) is 5.92. The van der Waals surface area contributed by atoms with Crippen LogP contribution in [0.5, 0.6) is 0 Å². The van der Waals surface area contributed by atoms with Crippen LogP contribution in [0, 0.1) is 5.92 Å². The van der Waals surface area contributed by atoms with Crippen molar-refractivity contribution in [1.29, 1.82) is 0 Å². The van der Waals surface area contributed by atoms with Crippen LogP contribution in [0.15, 0.2) is 0 Å². The lowest BCUT2D eigenvalue weighted by molar-refractivity contribution is 0.112. The summed E-state index contributed by atoms with van der Waals surface area (Å²) in [5, 5.41) is 0. The maximum absolute atomic E-state index is 6.62. The highest BCUT2D eigenvalue weighted by molar-refractivity contribution is 6.60. The first-order valence-electron chi connectivity index (χ1n) is 11.3. The minimum Gasteiger partial charge on any atom is -0.377 e. The molecule has 27 heavy (non-hydrogen) atoms. The summed E-state index contributed by atoms with van der Waals surface area (Å²) < 4.78 is 16.7. The lowest BCUT2D eigenvalue weighted by Gasteiger charge is -2.36. The van der Waals surface area contributed by atoms with Crippen LogP contribution in [0.2, 0.25) is 6.04 Å². The molecule has 0 saturated carbocycles. The molecule has 0 heterocycles. The summed E-state index contributed by atoms with van der Waals surface area (Å²) in [4.78, 5) is 0. The van der Waals surface area contributed by atoms with E-state index in [1.807, 2.05) is 0 Å². The summed E-state index contributed by atoms with van der Waals surface area (Å²) in [5.41, 5.74) is 6.42. The largest absolute Gasteiger partial charge is 0.500 e. The molecule has 0 radical (unpaired) electrons. The van der Waals surface area contributed by atoms with Crippen LogP contribution < -0.4 is 5.73 Å². The maximum Gasteiger partial charge on any atom is 0.500 e. The Morgan fingerprint density at radius 2 is 1.11 bits per heavy atom. The highest BCUT2D eigenvalue weighted by Gasteiger charge is 2.43. The van der Waals surface area contributed by atoms with Gasteiger partial charge in [-0.25, -0.2) is 0 Å². The second kappa shape index (κ2) is 15.9. The average molecular weight is 404 g/mol. The molecule has 2 unspecified atom stereocenters. The number of rotatable bonds is 19. The topological polar surface area (TPSA) is 53.7 Å². The van der Waals surface area contributed by atoms with E-state index in [0.29, 0.717) is 5.92 Å². The second-order valence-electron chi connectivity index (χ2n) is 8.55. The van der Waals surface area contributed by atoms with Crippen molar-refractivity contribution in [3.8, 4) is 0 Å². The van der Waals surface area contributed by atoms with Crippen LogP contribution in [0.3, 0.4) is 0 Å². The molecule has 2 N–H and O–H groups in total. The lowest BCUT2D eigenvalue weighted by atomic mass is 9.84. The van der Waals surface area contributed by atoms with Gasteiger partial charge in [0.25, 0.3) is 0 Å². The quantitative estimate of drug-likeness (QED) is 0.203.